The summed E-state index contributed by atoms with van der Waals surface area (Å²) in [5, 5.41) is 8.68. The van der Waals surface area contributed by atoms with Crippen LogP contribution in [-0.4, -0.2) is 44.0 Å². The van der Waals surface area contributed by atoms with Gasteiger partial charge >= 0.3 is 5.97 Å². The summed E-state index contributed by atoms with van der Waals surface area (Å²) in [5.74, 6) is 0.504. The van der Waals surface area contributed by atoms with Crippen LogP contribution in [0.5, 0.6) is 0 Å². The number of fused-ring (bicyclic) bond motifs is 3. The highest BCUT2D eigenvalue weighted by atomic mass is 16.4. The average Bonchev–Trinajstić information content (AvgIpc) is 2.05. The zero-order valence-corrected chi connectivity index (χ0v) is 7.20. The van der Waals surface area contributed by atoms with E-state index in [1.54, 1.807) is 0 Å². The van der Waals surface area contributed by atoms with Gasteiger partial charge in [-0.25, -0.2) is 0 Å². The van der Waals surface area contributed by atoms with Gasteiger partial charge in [-0.05, 0) is 37.8 Å². The molecule has 74 valence electrons. The second-order valence-corrected chi connectivity index (χ2v) is 4.00. The first-order valence-corrected chi connectivity index (χ1v) is 4.70. The van der Waals surface area contributed by atoms with Crippen molar-refractivity contribution in [2.75, 3.05) is 19.6 Å². The molecule has 3 saturated heterocycles. The first kappa shape index (κ1) is 10.6. The van der Waals surface area contributed by atoms with Gasteiger partial charge in [-0.15, -0.1) is 0 Å². The first-order valence-electron chi connectivity index (χ1n) is 4.70. The molecule has 0 aliphatic carbocycles. The molecule has 3 heterocycles. The molecule has 3 fully saturated rings. The lowest BCUT2D eigenvalue weighted by Gasteiger charge is -2.44. The highest BCUT2D eigenvalue weighted by Crippen LogP contribution is 2.33. The summed E-state index contributed by atoms with van der Waals surface area (Å²) < 4.78 is 0. The number of hydrogen-bond acceptors (Lipinski definition) is 2. The highest BCUT2D eigenvalue weighted by molar-refractivity contribution is 5.75. The molecule has 3 nitrogen and oxygen atoms in total. The van der Waals surface area contributed by atoms with E-state index in [9.17, 15) is 4.79 Å². The quantitative estimate of drug-likeness (QED) is 0.593. The Morgan fingerprint density at radius 3 is 2.38 bits per heavy atom. The van der Waals surface area contributed by atoms with Crippen LogP contribution in [0.1, 0.15) is 19.3 Å². The van der Waals surface area contributed by atoms with Crippen LogP contribution in [0, 0.1) is 11.8 Å². The molecular weight excluding hydrogens is 165 g/mol. The van der Waals surface area contributed by atoms with E-state index in [-0.39, 0.29) is 8.41 Å². The second kappa shape index (κ2) is 4.14. The van der Waals surface area contributed by atoms with E-state index in [4.69, 9.17) is 5.11 Å². The fourth-order valence-electron chi connectivity index (χ4n) is 2.54. The molecule has 13 heavy (non-hydrogen) atoms. The summed E-state index contributed by atoms with van der Waals surface area (Å²) in [7, 11) is 0. The maximum atomic E-state index is 10.5. The molecule has 1 unspecified atom stereocenters. The molecule has 1 atom stereocenters. The van der Waals surface area contributed by atoms with Crippen molar-refractivity contribution in [2.24, 2.45) is 11.8 Å². The molecule has 2 bridgehead atoms. The Morgan fingerprint density at radius 1 is 1.38 bits per heavy atom. The monoisotopic (exact) mass is 183 g/mol. The predicted octanol–water partition coefficient (Wildman–Crippen LogP) is -0.381. The number of nitrogens with zero attached hydrogens (tertiary/aromatic N) is 1. The molecule has 3 aliphatic heterocycles. The Morgan fingerprint density at radius 2 is 2.00 bits per heavy atom. The minimum absolute atomic E-state index is 0. The number of carboxylic acid groups (broad SMARTS) is 1. The van der Waals surface area contributed by atoms with E-state index in [0.717, 1.165) is 6.54 Å². The molecule has 3 rings (SSSR count). The van der Waals surface area contributed by atoms with Gasteiger partial charge in [-0.2, -0.15) is 0 Å². The van der Waals surface area contributed by atoms with Crippen molar-refractivity contribution in [2.45, 2.75) is 19.3 Å². The summed E-state index contributed by atoms with van der Waals surface area (Å²) >= 11 is 0. The Bertz CT molecular complexity index is 190. The van der Waals surface area contributed by atoms with Gasteiger partial charge in [0.05, 0.1) is 8.41 Å². The molecular formula is C9H18BNO2. The number of rotatable bonds is 2. The minimum atomic E-state index is -0.631. The van der Waals surface area contributed by atoms with Crippen molar-refractivity contribution in [3.05, 3.63) is 0 Å². The Labute approximate surface area is 80.7 Å². The zero-order valence-electron chi connectivity index (χ0n) is 7.20. The summed E-state index contributed by atoms with van der Waals surface area (Å²) in [4.78, 5) is 12.9. The number of aliphatic carboxylic acids is 1. The maximum absolute atomic E-state index is 10.5. The minimum Gasteiger partial charge on any atom is -0.481 e. The molecule has 0 aromatic heterocycles. The fourth-order valence-corrected chi connectivity index (χ4v) is 2.54. The predicted molar refractivity (Wildman–Crippen MR) is 54.8 cm³/mol. The van der Waals surface area contributed by atoms with Crippen molar-refractivity contribution in [3.63, 3.8) is 0 Å². The van der Waals surface area contributed by atoms with E-state index in [2.05, 4.69) is 4.90 Å². The van der Waals surface area contributed by atoms with Gasteiger partial charge in [0, 0.05) is 13.0 Å². The third kappa shape index (κ3) is 2.24. The van der Waals surface area contributed by atoms with Gasteiger partial charge in [0.25, 0.3) is 0 Å². The normalized spacial score (nSPS) is 36.8. The summed E-state index contributed by atoms with van der Waals surface area (Å²) in [6.07, 6.45) is 2.82. The molecule has 0 saturated carbocycles. The van der Waals surface area contributed by atoms with Crippen molar-refractivity contribution < 1.29 is 9.90 Å². The van der Waals surface area contributed by atoms with Crippen LogP contribution in [0.3, 0.4) is 0 Å². The number of piperidine rings is 3. The fraction of sp³-hybridized carbons (Fsp3) is 0.889. The third-order valence-corrected chi connectivity index (χ3v) is 3.23. The van der Waals surface area contributed by atoms with Gasteiger partial charge in [0.15, 0.2) is 0 Å². The molecule has 1 N–H and O–H groups in total. The van der Waals surface area contributed by atoms with Crippen molar-refractivity contribution >= 4 is 14.4 Å². The largest absolute Gasteiger partial charge is 0.481 e. The van der Waals surface area contributed by atoms with E-state index < -0.39 is 5.97 Å². The van der Waals surface area contributed by atoms with E-state index in [1.165, 1.54) is 25.9 Å². The molecule has 0 radical (unpaired) electrons. The van der Waals surface area contributed by atoms with Crippen LogP contribution < -0.4 is 0 Å². The summed E-state index contributed by atoms with van der Waals surface area (Å²) in [5.41, 5.74) is 0. The van der Waals surface area contributed by atoms with Gasteiger partial charge in [0.2, 0.25) is 0 Å². The maximum Gasteiger partial charge on any atom is 0.303 e. The van der Waals surface area contributed by atoms with E-state index in [0.29, 0.717) is 18.3 Å². The van der Waals surface area contributed by atoms with Crippen LogP contribution in [0.2, 0.25) is 0 Å². The lowest BCUT2D eigenvalue weighted by molar-refractivity contribution is -0.139. The van der Waals surface area contributed by atoms with Crippen LogP contribution in [-0.2, 0) is 4.79 Å². The zero-order chi connectivity index (χ0) is 8.55. The highest BCUT2D eigenvalue weighted by Gasteiger charge is 2.34. The van der Waals surface area contributed by atoms with Crippen molar-refractivity contribution in [1.29, 1.82) is 0 Å². The summed E-state index contributed by atoms with van der Waals surface area (Å²) in [6.45, 7) is 3.42. The lowest BCUT2D eigenvalue weighted by Crippen LogP contribution is -2.47. The standard InChI is InChI=1S/C9H15NO2.BH3/c11-9(12)5-8-6-10-3-1-7(8)2-4-10;/h7-8H,1-6H2,(H,11,12);1H3. The third-order valence-electron chi connectivity index (χ3n) is 3.23. The number of carbonyl (C=O) groups is 1. The summed E-state index contributed by atoms with van der Waals surface area (Å²) in [6, 6.07) is 0. The smallest absolute Gasteiger partial charge is 0.303 e. The SMILES string of the molecule is B.O=C(O)CC1CN2CCC1CC2. The van der Waals surface area contributed by atoms with E-state index in [1.807, 2.05) is 0 Å². The van der Waals surface area contributed by atoms with Gasteiger partial charge in [-0.1, -0.05) is 0 Å². The topological polar surface area (TPSA) is 40.5 Å². The second-order valence-electron chi connectivity index (χ2n) is 4.00. The van der Waals surface area contributed by atoms with Crippen LogP contribution in [0.25, 0.3) is 0 Å². The molecule has 0 aromatic rings. The van der Waals surface area contributed by atoms with E-state index >= 15 is 0 Å². The molecule has 0 amide bonds. The van der Waals surface area contributed by atoms with Gasteiger partial charge < -0.3 is 10.0 Å². The Kier molecular flexibility index (Phi) is 3.36. The van der Waals surface area contributed by atoms with Crippen molar-refractivity contribution in [3.8, 4) is 0 Å². The van der Waals surface area contributed by atoms with Gasteiger partial charge in [-0.3, -0.25) is 4.79 Å². The number of carboxylic acids is 1. The van der Waals surface area contributed by atoms with Gasteiger partial charge in [0.1, 0.15) is 0 Å². The molecule has 3 aliphatic rings. The Hall–Kier alpha value is -0.505. The van der Waals surface area contributed by atoms with Crippen LogP contribution >= 0.6 is 0 Å². The molecule has 0 aromatic carbocycles. The molecule has 0 spiro atoms. The average molecular weight is 183 g/mol. The molecule has 4 heteroatoms. The number of hydrogen-bond donors (Lipinski definition) is 1. The lowest BCUT2D eigenvalue weighted by atomic mass is 9.77. The van der Waals surface area contributed by atoms with Crippen LogP contribution in [0.4, 0.5) is 0 Å². The van der Waals surface area contributed by atoms with Crippen LogP contribution in [0.15, 0.2) is 0 Å². The Balaban J connectivity index is 0.000000845. The first-order chi connectivity index (χ1) is 5.75. The van der Waals surface area contributed by atoms with Crippen molar-refractivity contribution in [1.82, 2.24) is 4.90 Å².